The zero-order valence-electron chi connectivity index (χ0n) is 11.3. The molecule has 0 spiro atoms. The van der Waals surface area contributed by atoms with Crippen molar-refractivity contribution >= 4 is 5.97 Å². The van der Waals surface area contributed by atoms with Crippen molar-refractivity contribution in [3.63, 3.8) is 0 Å². The lowest BCUT2D eigenvalue weighted by Crippen LogP contribution is -2.32. The second-order valence-electron chi connectivity index (χ2n) is 4.42. The Hall–Kier alpha value is -1.69. The lowest BCUT2D eigenvalue weighted by atomic mass is 10.1. The summed E-state index contributed by atoms with van der Waals surface area (Å²) in [6.45, 7) is 3.46. The quantitative estimate of drug-likeness (QED) is 0.747. The number of methoxy groups -OCH3 is 1. The van der Waals surface area contributed by atoms with E-state index in [0.717, 1.165) is 6.42 Å². The van der Waals surface area contributed by atoms with E-state index in [4.69, 9.17) is 9.47 Å². The Labute approximate surface area is 111 Å². The minimum absolute atomic E-state index is 0.141. The van der Waals surface area contributed by atoms with Crippen molar-refractivity contribution in [2.75, 3.05) is 20.3 Å². The average molecular weight is 266 g/mol. The van der Waals surface area contributed by atoms with Crippen molar-refractivity contribution < 1.29 is 14.3 Å². The summed E-state index contributed by atoms with van der Waals surface area (Å²) in [6.07, 6.45) is 1.83. The van der Waals surface area contributed by atoms with Crippen LogP contribution in [0.25, 0.3) is 0 Å². The third-order valence-electron chi connectivity index (χ3n) is 3.15. The van der Waals surface area contributed by atoms with Crippen molar-refractivity contribution in [1.29, 1.82) is 0 Å². The van der Waals surface area contributed by atoms with Gasteiger partial charge in [0, 0.05) is 6.42 Å². The van der Waals surface area contributed by atoms with E-state index in [-0.39, 0.29) is 11.3 Å². The molecule has 0 radical (unpaired) electrons. The van der Waals surface area contributed by atoms with Gasteiger partial charge in [-0.25, -0.2) is 9.78 Å². The first-order valence-electron chi connectivity index (χ1n) is 6.47. The van der Waals surface area contributed by atoms with Crippen LogP contribution in [0.1, 0.15) is 35.2 Å². The van der Waals surface area contributed by atoms with Crippen molar-refractivity contribution in [3.8, 4) is 0 Å². The van der Waals surface area contributed by atoms with E-state index in [1.54, 1.807) is 4.57 Å². The molecule has 0 saturated carbocycles. The number of carbonyl (C=O) groups excluding carboxylic acids is 1. The van der Waals surface area contributed by atoms with Gasteiger partial charge in [-0.1, -0.05) is 13.3 Å². The fourth-order valence-electron chi connectivity index (χ4n) is 2.22. The maximum atomic E-state index is 12.5. The van der Waals surface area contributed by atoms with Crippen molar-refractivity contribution in [1.82, 2.24) is 9.55 Å². The van der Waals surface area contributed by atoms with E-state index in [1.807, 2.05) is 6.92 Å². The van der Waals surface area contributed by atoms with Gasteiger partial charge in [0.05, 0.1) is 32.4 Å². The van der Waals surface area contributed by atoms with Gasteiger partial charge >= 0.3 is 5.97 Å². The minimum atomic E-state index is -0.547. The van der Waals surface area contributed by atoms with E-state index >= 15 is 0 Å². The monoisotopic (exact) mass is 266 g/mol. The van der Waals surface area contributed by atoms with E-state index in [2.05, 4.69) is 4.98 Å². The smallest absolute Gasteiger partial charge is 0.357 e. The molecule has 0 aromatic carbocycles. The Bertz CT molecular complexity index is 536. The number of aromatic nitrogens is 2. The van der Waals surface area contributed by atoms with Crippen LogP contribution < -0.4 is 5.56 Å². The van der Waals surface area contributed by atoms with Gasteiger partial charge in [-0.15, -0.1) is 0 Å². The van der Waals surface area contributed by atoms with Crippen LogP contribution in [-0.2, 0) is 28.9 Å². The SMILES string of the molecule is CCCc1c(C(=O)OC)nc2n(c1=O)CCOCC2. The number of nitrogens with zero attached hydrogens (tertiary/aromatic N) is 2. The highest BCUT2D eigenvalue weighted by molar-refractivity contribution is 5.88. The van der Waals surface area contributed by atoms with Crippen LogP contribution >= 0.6 is 0 Å². The van der Waals surface area contributed by atoms with Gasteiger partial charge in [0.15, 0.2) is 5.69 Å². The van der Waals surface area contributed by atoms with Crippen molar-refractivity contribution in [3.05, 3.63) is 27.4 Å². The molecule has 0 N–H and O–H groups in total. The van der Waals surface area contributed by atoms with Crippen LogP contribution in [0.4, 0.5) is 0 Å². The summed E-state index contributed by atoms with van der Waals surface area (Å²) in [5, 5.41) is 0. The van der Waals surface area contributed by atoms with Crippen LogP contribution in [0.3, 0.4) is 0 Å². The van der Waals surface area contributed by atoms with Crippen LogP contribution in [0, 0.1) is 0 Å². The van der Waals surface area contributed by atoms with Crippen LogP contribution in [-0.4, -0.2) is 35.8 Å². The third kappa shape index (κ3) is 2.68. The Balaban J connectivity index is 2.60. The first-order chi connectivity index (χ1) is 9.19. The zero-order valence-corrected chi connectivity index (χ0v) is 11.3. The summed E-state index contributed by atoms with van der Waals surface area (Å²) in [5.74, 6) is 0.0527. The highest BCUT2D eigenvalue weighted by atomic mass is 16.5. The molecule has 2 heterocycles. The predicted octanol–water partition coefficient (Wildman–Crippen LogP) is 0.555. The molecule has 104 valence electrons. The molecule has 0 aliphatic carbocycles. The summed E-state index contributed by atoms with van der Waals surface area (Å²) < 4.78 is 11.7. The van der Waals surface area contributed by atoms with E-state index in [9.17, 15) is 9.59 Å². The summed E-state index contributed by atoms with van der Waals surface area (Å²) >= 11 is 0. The Morgan fingerprint density at radius 2 is 2.26 bits per heavy atom. The van der Waals surface area contributed by atoms with Gasteiger partial charge in [0.1, 0.15) is 5.82 Å². The van der Waals surface area contributed by atoms with E-state index in [0.29, 0.717) is 44.0 Å². The topological polar surface area (TPSA) is 70.4 Å². The highest BCUT2D eigenvalue weighted by Crippen LogP contribution is 2.10. The van der Waals surface area contributed by atoms with Gasteiger partial charge in [-0.05, 0) is 6.42 Å². The average Bonchev–Trinajstić information content (AvgIpc) is 2.66. The van der Waals surface area contributed by atoms with Gasteiger partial charge in [0.25, 0.3) is 5.56 Å². The van der Waals surface area contributed by atoms with E-state index in [1.165, 1.54) is 7.11 Å². The fourth-order valence-corrected chi connectivity index (χ4v) is 2.22. The van der Waals surface area contributed by atoms with Crippen molar-refractivity contribution in [2.24, 2.45) is 0 Å². The first kappa shape index (κ1) is 13.7. The molecule has 6 heteroatoms. The number of hydrogen-bond donors (Lipinski definition) is 0. The maximum absolute atomic E-state index is 12.5. The van der Waals surface area contributed by atoms with Gasteiger partial charge in [-0.3, -0.25) is 9.36 Å². The molecule has 1 aromatic rings. The molecule has 1 aromatic heterocycles. The highest BCUT2D eigenvalue weighted by Gasteiger charge is 2.22. The molecule has 0 unspecified atom stereocenters. The van der Waals surface area contributed by atoms with Crippen LogP contribution in [0.2, 0.25) is 0 Å². The number of ether oxygens (including phenoxy) is 2. The summed E-state index contributed by atoms with van der Waals surface area (Å²) in [6, 6.07) is 0. The molecular weight excluding hydrogens is 248 g/mol. The summed E-state index contributed by atoms with van der Waals surface area (Å²) in [7, 11) is 1.30. The molecule has 0 saturated heterocycles. The van der Waals surface area contributed by atoms with Crippen LogP contribution in [0.5, 0.6) is 0 Å². The Morgan fingerprint density at radius 3 is 2.95 bits per heavy atom. The molecule has 1 aliphatic rings. The van der Waals surface area contributed by atoms with Gasteiger partial charge < -0.3 is 9.47 Å². The fraction of sp³-hybridized carbons (Fsp3) is 0.615. The normalized spacial score (nSPS) is 14.6. The molecule has 0 atom stereocenters. The lowest BCUT2D eigenvalue weighted by molar-refractivity contribution is 0.0591. The molecule has 2 rings (SSSR count). The molecule has 0 fully saturated rings. The standard InChI is InChI=1S/C13H18N2O4/c1-3-4-9-11(13(17)18-2)14-10-5-7-19-8-6-15(10)12(9)16/h3-8H2,1-2H3. The Kier molecular flexibility index (Phi) is 4.31. The number of fused-ring (bicyclic) bond motifs is 1. The molecular formula is C13H18N2O4. The second kappa shape index (κ2) is 5.97. The minimum Gasteiger partial charge on any atom is -0.464 e. The number of carbonyl (C=O) groups is 1. The first-order valence-corrected chi connectivity index (χ1v) is 6.47. The summed E-state index contributed by atoms with van der Waals surface area (Å²) in [5.41, 5.74) is 0.459. The second-order valence-corrected chi connectivity index (χ2v) is 4.42. The number of hydrogen-bond acceptors (Lipinski definition) is 5. The van der Waals surface area contributed by atoms with Gasteiger partial charge in [-0.2, -0.15) is 0 Å². The van der Waals surface area contributed by atoms with Crippen molar-refractivity contribution in [2.45, 2.75) is 32.7 Å². The Morgan fingerprint density at radius 1 is 1.47 bits per heavy atom. The van der Waals surface area contributed by atoms with Crippen LogP contribution in [0.15, 0.2) is 4.79 Å². The zero-order chi connectivity index (χ0) is 13.8. The molecule has 6 nitrogen and oxygen atoms in total. The number of esters is 1. The molecule has 0 bridgehead atoms. The lowest BCUT2D eigenvalue weighted by Gasteiger charge is -2.13. The molecule has 19 heavy (non-hydrogen) atoms. The number of rotatable bonds is 3. The predicted molar refractivity (Wildman–Crippen MR) is 68.4 cm³/mol. The maximum Gasteiger partial charge on any atom is 0.357 e. The van der Waals surface area contributed by atoms with E-state index < -0.39 is 5.97 Å². The third-order valence-corrected chi connectivity index (χ3v) is 3.15. The molecule has 1 aliphatic heterocycles. The largest absolute Gasteiger partial charge is 0.464 e. The van der Waals surface area contributed by atoms with Gasteiger partial charge in [0.2, 0.25) is 0 Å². The summed E-state index contributed by atoms with van der Waals surface area (Å²) in [4.78, 5) is 28.6. The molecule has 0 amide bonds.